The fourth-order valence-electron chi connectivity index (χ4n) is 1.60. The Balaban J connectivity index is 2.56. The fourth-order valence-corrected chi connectivity index (χ4v) is 3.23. The van der Waals surface area contributed by atoms with Gasteiger partial charge in [0.2, 0.25) is 5.57 Å². The second kappa shape index (κ2) is 5.24. The second-order valence-corrected chi connectivity index (χ2v) is 6.35. The Hall–Kier alpha value is -1.30. The number of halogens is 4. The molecule has 0 amide bonds. The molecule has 0 aliphatic rings. The molecule has 0 bridgehead atoms. The van der Waals surface area contributed by atoms with Crippen molar-refractivity contribution in [2.75, 3.05) is 0 Å². The van der Waals surface area contributed by atoms with E-state index in [1.807, 2.05) is 0 Å². The molecule has 0 fully saturated rings. The minimum Gasteiger partial charge on any atom is -0.336 e. The lowest BCUT2D eigenvalue weighted by Gasteiger charge is -2.21. The first-order valence-electron chi connectivity index (χ1n) is 5.36. The molecule has 2 atom stereocenters. The van der Waals surface area contributed by atoms with E-state index >= 15 is 0 Å². The minimum atomic E-state index is -4.38. The first kappa shape index (κ1) is 15.1. The van der Waals surface area contributed by atoms with E-state index in [-0.39, 0.29) is 9.87 Å². The Labute approximate surface area is 117 Å². The van der Waals surface area contributed by atoms with Crippen molar-refractivity contribution in [3.05, 3.63) is 42.7 Å². The molecule has 2 rings (SSSR count). The molecule has 4 nitrogen and oxygen atoms in total. The lowest BCUT2D eigenvalue weighted by molar-refractivity contribution is -0.113. The van der Waals surface area contributed by atoms with Crippen LogP contribution in [0.4, 0.5) is 13.2 Å². The van der Waals surface area contributed by atoms with Gasteiger partial charge in [-0.25, -0.2) is 9.37 Å². The summed E-state index contributed by atoms with van der Waals surface area (Å²) in [7, 11) is -4.38. The van der Waals surface area contributed by atoms with Gasteiger partial charge in [-0.05, 0) is 12.1 Å². The van der Waals surface area contributed by atoms with E-state index < -0.39 is 24.6 Å². The number of hydrogen-bond acceptors (Lipinski definition) is 2. The zero-order valence-electron chi connectivity index (χ0n) is 9.83. The maximum absolute atomic E-state index is 13.6. The van der Waals surface area contributed by atoms with Crippen LogP contribution in [-0.4, -0.2) is 20.1 Å². The van der Waals surface area contributed by atoms with Gasteiger partial charge in [0.1, 0.15) is 0 Å². The van der Waals surface area contributed by atoms with Crippen molar-refractivity contribution in [2.45, 2.75) is 11.7 Å². The summed E-state index contributed by atoms with van der Waals surface area (Å²) in [6.45, 7) is 0. The third-order valence-corrected chi connectivity index (χ3v) is 4.72. The van der Waals surface area contributed by atoms with Gasteiger partial charge in [0.15, 0.2) is 0 Å². The van der Waals surface area contributed by atoms with E-state index in [2.05, 4.69) is 4.98 Å². The highest BCUT2D eigenvalue weighted by Gasteiger charge is 2.45. The van der Waals surface area contributed by atoms with Gasteiger partial charge in [-0.1, -0.05) is 29.8 Å². The summed E-state index contributed by atoms with van der Waals surface area (Å²) < 4.78 is 52.3. The van der Waals surface area contributed by atoms with Crippen LogP contribution in [0.5, 0.6) is 0 Å². The zero-order valence-corrected chi connectivity index (χ0v) is 11.5. The Kier molecular flexibility index (Phi) is 3.95. The topological polar surface area (TPSA) is 55.1 Å². The molecule has 1 N–H and O–H groups in total. The molecule has 108 valence electrons. The second-order valence-electron chi connectivity index (χ2n) is 3.90. The van der Waals surface area contributed by atoms with Gasteiger partial charge in [0.25, 0.3) is 13.0 Å². The fraction of sp³-hybridized carbons (Fsp3) is 0.182. The van der Waals surface area contributed by atoms with E-state index in [1.54, 1.807) is 6.07 Å². The van der Waals surface area contributed by atoms with Crippen LogP contribution in [0.15, 0.2) is 42.7 Å². The summed E-state index contributed by atoms with van der Waals surface area (Å²) in [6, 6.07) is 2.96. The number of alkyl halides is 4. The largest absolute Gasteiger partial charge is 0.375 e. The highest BCUT2D eigenvalue weighted by atomic mass is 35.5. The van der Waals surface area contributed by atoms with Gasteiger partial charge in [0.05, 0.1) is 0 Å². The van der Waals surface area contributed by atoms with Crippen LogP contribution in [0, 0.1) is 0 Å². The van der Waals surface area contributed by atoms with Gasteiger partial charge in [0, 0.05) is 17.7 Å². The Morgan fingerprint density at radius 2 is 1.95 bits per heavy atom. The van der Waals surface area contributed by atoms with Crippen LogP contribution in [0.3, 0.4) is 0 Å². The molecule has 9 heteroatoms. The molecule has 0 aliphatic heterocycles. The monoisotopic (exact) mass is 324 g/mol. The first-order chi connectivity index (χ1) is 9.28. The predicted octanol–water partition coefficient (Wildman–Crippen LogP) is 2.19. The summed E-state index contributed by atoms with van der Waals surface area (Å²) in [6.07, 6.45) is 1.59. The molecule has 0 aliphatic carbocycles. The predicted molar refractivity (Wildman–Crippen MR) is 68.7 cm³/mol. The highest BCUT2D eigenvalue weighted by Crippen LogP contribution is 2.40. The number of nitrogens with zero attached hydrogens (tertiary/aromatic N) is 2. The van der Waals surface area contributed by atoms with Gasteiger partial charge in [-0.15, -0.1) is 0 Å². The summed E-state index contributed by atoms with van der Waals surface area (Å²) in [4.78, 5) is 13.5. The molecular formula is C11H9ClF3N2O2P. The van der Waals surface area contributed by atoms with Crippen molar-refractivity contribution in [2.24, 2.45) is 0 Å². The van der Waals surface area contributed by atoms with Crippen molar-refractivity contribution in [1.82, 2.24) is 9.55 Å². The lowest BCUT2D eigenvalue weighted by atomic mass is 10.4. The average molecular weight is 325 g/mol. The van der Waals surface area contributed by atoms with E-state index in [0.717, 1.165) is 6.20 Å². The molecule has 0 spiro atoms. The normalized spacial score (nSPS) is 16.6. The summed E-state index contributed by atoms with van der Waals surface area (Å²) in [5, 5.41) is -0.0896. The first-order valence-corrected chi connectivity index (χ1v) is 7.46. The van der Waals surface area contributed by atoms with Crippen LogP contribution in [0.2, 0.25) is 0 Å². The molecule has 0 saturated heterocycles. The maximum atomic E-state index is 13.6. The Morgan fingerprint density at radius 1 is 1.35 bits per heavy atom. The van der Waals surface area contributed by atoms with Gasteiger partial charge in [-0.2, -0.15) is 8.78 Å². The van der Waals surface area contributed by atoms with E-state index in [4.69, 9.17) is 11.6 Å². The Bertz CT molecular complexity index is 648. The summed E-state index contributed by atoms with van der Waals surface area (Å²) in [5.74, 6) is 0. The average Bonchev–Trinajstić information content (AvgIpc) is 2.90. The molecular weight excluding hydrogens is 316 g/mol. The standard InChI is InChI=1S/C11H9ClF3N2O2P/c12-9(13)11(14,15)17-7-6-16-10(17)20(18,19)8-4-2-1-3-5-8/h1-7,9H,(H,18,19). The molecule has 20 heavy (non-hydrogen) atoms. The third-order valence-electron chi connectivity index (χ3n) is 2.58. The van der Waals surface area contributed by atoms with Crippen molar-refractivity contribution in [3.8, 4) is 0 Å². The van der Waals surface area contributed by atoms with Crippen molar-refractivity contribution >= 4 is 29.8 Å². The number of hydrogen-bond donors (Lipinski definition) is 1. The Morgan fingerprint density at radius 3 is 2.50 bits per heavy atom. The minimum absolute atomic E-state index is 0.0154. The third kappa shape index (κ3) is 2.49. The van der Waals surface area contributed by atoms with Gasteiger partial charge < -0.3 is 4.89 Å². The van der Waals surface area contributed by atoms with Crippen LogP contribution >= 0.6 is 19.0 Å². The van der Waals surface area contributed by atoms with E-state index in [1.165, 1.54) is 24.3 Å². The van der Waals surface area contributed by atoms with E-state index in [0.29, 0.717) is 6.20 Å². The van der Waals surface area contributed by atoms with Crippen molar-refractivity contribution < 1.29 is 22.6 Å². The van der Waals surface area contributed by atoms with Crippen molar-refractivity contribution in [1.29, 1.82) is 0 Å². The maximum Gasteiger partial charge on any atom is 0.375 e. The number of benzene rings is 1. The van der Waals surface area contributed by atoms with Crippen LogP contribution < -0.4 is 10.9 Å². The van der Waals surface area contributed by atoms with Crippen LogP contribution in [0.1, 0.15) is 0 Å². The molecule has 1 heterocycles. The molecule has 1 aromatic carbocycles. The highest BCUT2D eigenvalue weighted by molar-refractivity contribution is 7.73. The molecule has 0 saturated carbocycles. The van der Waals surface area contributed by atoms with Gasteiger partial charge >= 0.3 is 6.05 Å². The molecule has 1 aromatic heterocycles. The number of rotatable bonds is 4. The zero-order chi connectivity index (χ0) is 15.0. The smallest absolute Gasteiger partial charge is 0.336 e. The SMILES string of the molecule is O=P(O)(c1ccccc1)c1nccn1C(F)(F)C(F)Cl. The number of aromatic nitrogens is 2. The van der Waals surface area contributed by atoms with Crippen LogP contribution in [-0.2, 0) is 10.6 Å². The number of imidazole rings is 1. The molecule has 2 unspecified atom stereocenters. The molecule has 0 radical (unpaired) electrons. The quantitative estimate of drug-likeness (QED) is 0.693. The molecule has 2 aromatic rings. The van der Waals surface area contributed by atoms with Crippen molar-refractivity contribution in [3.63, 3.8) is 0 Å². The lowest BCUT2D eigenvalue weighted by Crippen LogP contribution is -2.39. The summed E-state index contributed by atoms with van der Waals surface area (Å²) >= 11 is 4.79. The summed E-state index contributed by atoms with van der Waals surface area (Å²) in [5.41, 5.74) is -3.89. The van der Waals surface area contributed by atoms with Gasteiger partial charge in [-0.3, -0.25) is 9.13 Å². The van der Waals surface area contributed by atoms with Crippen LogP contribution in [0.25, 0.3) is 0 Å². The van der Waals surface area contributed by atoms with E-state index in [9.17, 15) is 22.6 Å².